The number of nitrogens with zero attached hydrogens (tertiary/aromatic N) is 1. The van der Waals surface area contributed by atoms with E-state index in [4.69, 9.17) is 28.0 Å². The maximum Gasteiger partial charge on any atom is 0.364 e. The Bertz CT molecular complexity index is 712. The number of ether oxygens (including phenoxy) is 1. The molecule has 7 nitrogen and oxygen atoms in total. The summed E-state index contributed by atoms with van der Waals surface area (Å²) in [6, 6.07) is 4.56. The molecule has 2 rings (SSSR count). The van der Waals surface area contributed by atoms with Crippen molar-refractivity contribution in [1.82, 2.24) is 4.73 Å². The van der Waals surface area contributed by atoms with Crippen LogP contribution < -0.4 is 4.84 Å². The third-order valence-corrected chi connectivity index (χ3v) is 3.24. The molecule has 0 fully saturated rings. The van der Waals surface area contributed by atoms with Gasteiger partial charge in [-0.25, -0.2) is 9.59 Å². The Morgan fingerprint density at radius 3 is 2.00 bits per heavy atom. The van der Waals surface area contributed by atoms with E-state index in [1.54, 1.807) is 0 Å². The maximum atomic E-state index is 12.0. The summed E-state index contributed by atoms with van der Waals surface area (Å²) in [5, 5.41) is 18.6. The van der Waals surface area contributed by atoms with Gasteiger partial charge in [-0.15, -0.1) is 4.73 Å². The summed E-state index contributed by atoms with van der Waals surface area (Å²) in [6.45, 7) is 0. The molecule has 0 saturated carbocycles. The van der Waals surface area contributed by atoms with Gasteiger partial charge in [0.05, 0.1) is 28.3 Å². The van der Waals surface area contributed by atoms with Gasteiger partial charge in [0.2, 0.25) is 11.8 Å². The molecule has 0 unspecified atom stereocenters. The second-order valence-electron chi connectivity index (χ2n) is 4.03. The predicted molar refractivity (Wildman–Crippen MR) is 76.5 cm³/mol. The Labute approximate surface area is 134 Å². The van der Waals surface area contributed by atoms with E-state index >= 15 is 0 Å². The second-order valence-corrected chi connectivity index (χ2v) is 4.84. The van der Waals surface area contributed by atoms with Gasteiger partial charge in [-0.05, 0) is 12.1 Å². The summed E-state index contributed by atoms with van der Waals surface area (Å²) in [6.07, 6.45) is 0. The van der Waals surface area contributed by atoms with E-state index in [1.807, 2.05) is 0 Å². The molecule has 0 amide bonds. The highest BCUT2D eigenvalue weighted by Crippen LogP contribution is 2.28. The van der Waals surface area contributed by atoms with Crippen LogP contribution in [0.5, 0.6) is 11.8 Å². The average molecular weight is 346 g/mol. The lowest BCUT2D eigenvalue weighted by Gasteiger charge is -2.09. The number of benzene rings is 1. The van der Waals surface area contributed by atoms with Gasteiger partial charge in [-0.3, -0.25) is 0 Å². The van der Waals surface area contributed by atoms with Gasteiger partial charge in [-0.1, -0.05) is 23.2 Å². The number of aromatic hydroxyl groups is 2. The zero-order valence-electron chi connectivity index (χ0n) is 11.0. The smallest absolute Gasteiger partial charge is 0.364 e. The van der Waals surface area contributed by atoms with Crippen LogP contribution in [0.3, 0.4) is 0 Å². The SMILES string of the molecule is COC(=O)c1c(Cl)cc(C(=O)On2c(O)ccc2O)cc1Cl. The topological polar surface area (TPSA) is 98.0 Å². The minimum Gasteiger partial charge on any atom is -0.492 e. The molecular formula is C13H9Cl2NO6. The number of esters is 1. The Balaban J connectivity index is 2.34. The van der Waals surface area contributed by atoms with Crippen molar-refractivity contribution in [3.8, 4) is 11.8 Å². The van der Waals surface area contributed by atoms with Crippen molar-refractivity contribution >= 4 is 35.1 Å². The molecule has 0 bridgehead atoms. The molecule has 0 saturated heterocycles. The zero-order valence-corrected chi connectivity index (χ0v) is 12.6. The van der Waals surface area contributed by atoms with Gasteiger partial charge in [0.15, 0.2) is 0 Å². The largest absolute Gasteiger partial charge is 0.492 e. The first-order valence-corrected chi connectivity index (χ1v) is 6.50. The highest BCUT2D eigenvalue weighted by atomic mass is 35.5. The van der Waals surface area contributed by atoms with Crippen LogP contribution in [0.15, 0.2) is 24.3 Å². The molecule has 116 valence electrons. The average Bonchev–Trinajstić information content (AvgIpc) is 2.77. The van der Waals surface area contributed by atoms with Crippen molar-refractivity contribution in [2.45, 2.75) is 0 Å². The van der Waals surface area contributed by atoms with Crippen LogP contribution in [0, 0.1) is 0 Å². The van der Waals surface area contributed by atoms with E-state index in [0.29, 0.717) is 4.73 Å². The van der Waals surface area contributed by atoms with Crippen LogP contribution >= 0.6 is 23.2 Å². The van der Waals surface area contributed by atoms with Crippen molar-refractivity contribution in [1.29, 1.82) is 0 Å². The Kier molecular flexibility index (Phi) is 4.48. The lowest BCUT2D eigenvalue weighted by Crippen LogP contribution is -2.19. The van der Waals surface area contributed by atoms with Crippen LogP contribution in [-0.2, 0) is 4.74 Å². The molecule has 0 aliphatic rings. The van der Waals surface area contributed by atoms with Gasteiger partial charge in [-0.2, -0.15) is 0 Å². The fraction of sp³-hybridized carbons (Fsp3) is 0.0769. The molecule has 1 aromatic heterocycles. The fourth-order valence-corrected chi connectivity index (χ4v) is 2.26. The number of carbonyl (C=O) groups excluding carboxylic acids is 2. The van der Waals surface area contributed by atoms with Crippen molar-refractivity contribution in [3.63, 3.8) is 0 Å². The Morgan fingerprint density at radius 2 is 1.55 bits per heavy atom. The zero-order chi connectivity index (χ0) is 16.4. The number of rotatable bonds is 3. The van der Waals surface area contributed by atoms with Crippen molar-refractivity contribution in [2.75, 3.05) is 7.11 Å². The van der Waals surface area contributed by atoms with Crippen molar-refractivity contribution in [2.24, 2.45) is 0 Å². The van der Waals surface area contributed by atoms with E-state index in [1.165, 1.54) is 0 Å². The van der Waals surface area contributed by atoms with Gasteiger partial charge in [0, 0.05) is 12.1 Å². The minimum absolute atomic E-state index is 0.0878. The molecule has 0 atom stereocenters. The highest BCUT2D eigenvalue weighted by molar-refractivity contribution is 6.39. The molecule has 9 heteroatoms. The van der Waals surface area contributed by atoms with E-state index < -0.39 is 23.7 Å². The summed E-state index contributed by atoms with van der Waals surface area (Å²) in [4.78, 5) is 28.3. The third kappa shape index (κ3) is 2.95. The van der Waals surface area contributed by atoms with Crippen LogP contribution in [0.25, 0.3) is 0 Å². The van der Waals surface area contributed by atoms with Gasteiger partial charge in [0.1, 0.15) is 0 Å². The van der Waals surface area contributed by atoms with E-state index in [0.717, 1.165) is 31.4 Å². The highest BCUT2D eigenvalue weighted by Gasteiger charge is 2.21. The minimum atomic E-state index is -0.956. The first kappa shape index (κ1) is 16.0. The summed E-state index contributed by atoms with van der Waals surface area (Å²) in [5.74, 6) is -2.67. The van der Waals surface area contributed by atoms with Crippen LogP contribution in [0.2, 0.25) is 10.0 Å². The molecule has 0 radical (unpaired) electrons. The quantitative estimate of drug-likeness (QED) is 0.828. The number of carbonyl (C=O) groups is 2. The first-order chi connectivity index (χ1) is 10.3. The molecule has 1 heterocycles. The van der Waals surface area contributed by atoms with Gasteiger partial charge < -0.3 is 19.8 Å². The molecule has 0 aliphatic carbocycles. The molecule has 2 aromatic rings. The fourth-order valence-electron chi connectivity index (χ4n) is 1.62. The van der Waals surface area contributed by atoms with E-state index in [9.17, 15) is 19.8 Å². The van der Waals surface area contributed by atoms with Gasteiger partial charge in [0.25, 0.3) is 0 Å². The number of methoxy groups -OCH3 is 1. The molecule has 2 N–H and O–H groups in total. The maximum absolute atomic E-state index is 12.0. The monoisotopic (exact) mass is 345 g/mol. The number of halogens is 2. The number of hydrogen-bond donors (Lipinski definition) is 2. The molecule has 1 aromatic carbocycles. The number of hydrogen-bond acceptors (Lipinski definition) is 6. The van der Waals surface area contributed by atoms with E-state index in [2.05, 4.69) is 4.74 Å². The van der Waals surface area contributed by atoms with Gasteiger partial charge >= 0.3 is 11.9 Å². The summed E-state index contributed by atoms with van der Waals surface area (Å²) in [5.41, 5.74) is -0.177. The standard InChI is InChI=1S/C13H9Cl2NO6/c1-21-13(20)11-7(14)4-6(5-8(11)15)12(19)22-16-9(17)2-3-10(16)18/h2-5,17-18H,1H3. The summed E-state index contributed by atoms with van der Waals surface area (Å²) < 4.78 is 5.03. The third-order valence-electron chi connectivity index (χ3n) is 2.64. The summed E-state index contributed by atoms with van der Waals surface area (Å²) >= 11 is 11.8. The first-order valence-electron chi connectivity index (χ1n) is 5.75. The molecular weight excluding hydrogens is 337 g/mol. The van der Waals surface area contributed by atoms with Crippen LogP contribution in [-0.4, -0.2) is 34.0 Å². The normalized spacial score (nSPS) is 10.3. The molecule has 0 spiro atoms. The lowest BCUT2D eigenvalue weighted by atomic mass is 10.1. The number of aromatic nitrogens is 1. The van der Waals surface area contributed by atoms with Crippen molar-refractivity contribution in [3.05, 3.63) is 45.4 Å². The molecule has 0 aliphatic heterocycles. The lowest BCUT2D eigenvalue weighted by molar-refractivity contribution is 0.0381. The predicted octanol–water partition coefficient (Wildman–Crippen LogP) is 2.26. The second kappa shape index (κ2) is 6.17. The van der Waals surface area contributed by atoms with E-state index in [-0.39, 0.29) is 21.2 Å². The molecule has 22 heavy (non-hydrogen) atoms. The van der Waals surface area contributed by atoms with Crippen LogP contribution in [0.1, 0.15) is 20.7 Å². The van der Waals surface area contributed by atoms with Crippen molar-refractivity contribution < 1.29 is 29.4 Å². The Hall–Kier alpha value is -2.38. The Morgan fingerprint density at radius 1 is 1.05 bits per heavy atom. The summed E-state index contributed by atoms with van der Waals surface area (Å²) in [7, 11) is 1.16. The van der Waals surface area contributed by atoms with Crippen LogP contribution in [0.4, 0.5) is 0 Å².